The van der Waals surface area contributed by atoms with E-state index in [0.717, 1.165) is 17.1 Å². The summed E-state index contributed by atoms with van der Waals surface area (Å²) in [6.07, 6.45) is 0. The molecular formula is C36H27N5O4. The summed E-state index contributed by atoms with van der Waals surface area (Å²) >= 11 is 0. The molecule has 7 rings (SSSR count). The van der Waals surface area contributed by atoms with Gasteiger partial charge in [0.05, 0.1) is 24.5 Å². The monoisotopic (exact) mass is 593 g/mol. The molecule has 220 valence electrons. The molecule has 0 spiro atoms. The molecular weight excluding hydrogens is 566 g/mol. The number of ketones is 4. The maximum atomic E-state index is 13.2. The molecule has 0 unspecified atom stereocenters. The van der Waals surface area contributed by atoms with Gasteiger partial charge in [-0.25, -0.2) is 0 Å². The van der Waals surface area contributed by atoms with Crippen molar-refractivity contribution in [1.29, 1.82) is 0 Å². The van der Waals surface area contributed by atoms with E-state index in [2.05, 4.69) is 16.0 Å². The van der Waals surface area contributed by atoms with Crippen LogP contribution in [-0.4, -0.2) is 35.2 Å². The minimum Gasteiger partial charge on any atom is -0.399 e. The number of nitrogen functional groups attached to an aromatic ring is 1. The zero-order valence-electron chi connectivity index (χ0n) is 24.2. The Kier molecular flexibility index (Phi) is 6.70. The van der Waals surface area contributed by atoms with Crippen molar-refractivity contribution < 1.29 is 19.2 Å². The summed E-state index contributed by atoms with van der Waals surface area (Å²) in [5, 5.41) is 9.62. The number of hydrogen-bond acceptors (Lipinski definition) is 9. The fourth-order valence-electron chi connectivity index (χ4n) is 5.81. The maximum absolute atomic E-state index is 13.2. The lowest BCUT2D eigenvalue weighted by molar-refractivity contribution is 0.0979. The van der Waals surface area contributed by atoms with Crippen LogP contribution in [-0.2, 0) is 13.1 Å². The molecule has 1 heterocycles. The highest BCUT2D eigenvalue weighted by Gasteiger charge is 2.31. The Morgan fingerprint density at radius 1 is 0.511 bits per heavy atom. The average Bonchev–Trinajstić information content (AvgIpc) is 3.07. The van der Waals surface area contributed by atoms with Crippen molar-refractivity contribution in [1.82, 2.24) is 4.98 Å². The lowest BCUT2D eigenvalue weighted by Crippen LogP contribution is -2.21. The normalized spacial score (nSPS) is 13.0. The predicted octanol–water partition coefficient (Wildman–Crippen LogP) is 5.48. The summed E-state index contributed by atoms with van der Waals surface area (Å²) in [5.74, 6) is -0.785. The van der Waals surface area contributed by atoms with Crippen LogP contribution in [0.25, 0.3) is 0 Å². The summed E-state index contributed by atoms with van der Waals surface area (Å²) in [5.41, 5.74) is 12.9. The highest BCUT2D eigenvalue weighted by atomic mass is 16.1. The number of nitrogens with one attached hydrogen (secondary N) is 3. The zero-order chi connectivity index (χ0) is 31.2. The Bertz CT molecular complexity index is 2100. The molecule has 9 nitrogen and oxygen atoms in total. The van der Waals surface area contributed by atoms with E-state index in [1.165, 1.54) is 0 Å². The number of nitrogens with two attached hydrogens (primary N) is 1. The second-order valence-corrected chi connectivity index (χ2v) is 11.0. The maximum Gasteiger partial charge on any atom is 0.194 e. The Morgan fingerprint density at radius 3 is 1.38 bits per heavy atom. The van der Waals surface area contributed by atoms with Crippen molar-refractivity contribution >= 4 is 45.9 Å². The zero-order valence-corrected chi connectivity index (χ0v) is 24.2. The number of anilines is 4. The average molecular weight is 594 g/mol. The molecule has 45 heavy (non-hydrogen) atoms. The minimum absolute atomic E-state index is 0.171. The van der Waals surface area contributed by atoms with Gasteiger partial charge in [-0.05, 0) is 84.9 Å². The number of rotatable bonds is 7. The van der Waals surface area contributed by atoms with Crippen molar-refractivity contribution in [3.8, 4) is 0 Å². The summed E-state index contributed by atoms with van der Waals surface area (Å²) in [7, 11) is 1.77. The molecule has 0 aliphatic heterocycles. The standard InChI is InChI=1S/C36H27N5O4/c1-38-20-6-10-26-30(14-20)35(44)28-12-8-22(16-32(28)36(26)45)40-18-24-4-2-3-23(41-24)17-39-21-7-11-27-31(15-21)34(43)25-9-5-19(37)13-29(25)33(27)42/h2-16,38-40H,17-18,37H2,1H3. The quantitative estimate of drug-likeness (QED) is 0.177. The fraction of sp³-hybridized carbons (Fsp3) is 0.0833. The number of fused-ring (bicyclic) bond motifs is 4. The Balaban J connectivity index is 1.03. The van der Waals surface area contributed by atoms with E-state index < -0.39 is 0 Å². The van der Waals surface area contributed by atoms with Crippen molar-refractivity contribution in [3.63, 3.8) is 0 Å². The van der Waals surface area contributed by atoms with Crippen LogP contribution in [0.5, 0.6) is 0 Å². The summed E-state index contributed by atoms with van der Waals surface area (Å²) in [4.78, 5) is 57.2. The van der Waals surface area contributed by atoms with Crippen molar-refractivity contribution in [2.75, 3.05) is 28.7 Å². The van der Waals surface area contributed by atoms with Gasteiger partial charge in [0.15, 0.2) is 23.1 Å². The van der Waals surface area contributed by atoms with E-state index in [0.29, 0.717) is 74.7 Å². The first-order chi connectivity index (χ1) is 21.8. The summed E-state index contributed by atoms with van der Waals surface area (Å²) in [6, 6.07) is 25.9. The lowest BCUT2D eigenvalue weighted by atomic mass is 9.83. The van der Waals surface area contributed by atoms with Crippen LogP contribution in [0.1, 0.15) is 75.1 Å². The van der Waals surface area contributed by atoms with E-state index >= 15 is 0 Å². The first kappa shape index (κ1) is 27.7. The number of carbonyl (C=O) groups excluding carboxylic acids is 4. The van der Waals surface area contributed by atoms with Crippen molar-refractivity contribution in [2.45, 2.75) is 13.1 Å². The van der Waals surface area contributed by atoms with Gasteiger partial charge < -0.3 is 21.7 Å². The molecule has 0 saturated heterocycles. The SMILES string of the molecule is CNc1ccc2c(c1)C(=O)c1ccc(NCc3cccc(CNc4ccc5c(c4)C(=O)c4ccc(N)cc4C5=O)n3)cc1C2=O. The molecule has 0 saturated carbocycles. The number of aromatic nitrogens is 1. The number of carbonyl (C=O) groups is 4. The van der Waals surface area contributed by atoms with Gasteiger partial charge in [-0.1, -0.05) is 6.07 Å². The van der Waals surface area contributed by atoms with E-state index in [1.807, 2.05) is 18.2 Å². The molecule has 0 fully saturated rings. The molecule has 0 radical (unpaired) electrons. The topological polar surface area (TPSA) is 143 Å². The van der Waals surface area contributed by atoms with E-state index in [1.54, 1.807) is 79.8 Å². The molecule has 2 aliphatic carbocycles. The van der Waals surface area contributed by atoms with E-state index in [9.17, 15) is 19.2 Å². The van der Waals surface area contributed by atoms with Crippen molar-refractivity contribution in [3.05, 3.63) is 147 Å². The van der Waals surface area contributed by atoms with Crippen LogP contribution in [0.4, 0.5) is 22.7 Å². The van der Waals surface area contributed by atoms with Gasteiger partial charge in [-0.15, -0.1) is 0 Å². The summed E-state index contributed by atoms with van der Waals surface area (Å²) in [6.45, 7) is 0.794. The molecule has 1 aromatic heterocycles. The second-order valence-electron chi connectivity index (χ2n) is 11.0. The number of benzene rings is 4. The van der Waals surface area contributed by atoms with Crippen LogP contribution >= 0.6 is 0 Å². The fourth-order valence-corrected chi connectivity index (χ4v) is 5.81. The van der Waals surface area contributed by atoms with Crippen LogP contribution in [0, 0.1) is 0 Å². The molecule has 9 heteroatoms. The number of pyridine rings is 1. The summed E-state index contributed by atoms with van der Waals surface area (Å²) < 4.78 is 0. The Labute approximate surface area is 258 Å². The Morgan fingerprint density at radius 2 is 0.911 bits per heavy atom. The Hall–Kier alpha value is -6.09. The van der Waals surface area contributed by atoms with Crippen LogP contribution in [0.15, 0.2) is 91.0 Å². The van der Waals surface area contributed by atoms with E-state index in [4.69, 9.17) is 10.7 Å². The smallest absolute Gasteiger partial charge is 0.194 e. The van der Waals surface area contributed by atoms with Gasteiger partial charge in [-0.3, -0.25) is 24.2 Å². The van der Waals surface area contributed by atoms with Gasteiger partial charge in [-0.2, -0.15) is 0 Å². The van der Waals surface area contributed by atoms with Crippen molar-refractivity contribution in [2.24, 2.45) is 0 Å². The predicted molar refractivity (Wildman–Crippen MR) is 172 cm³/mol. The van der Waals surface area contributed by atoms with Gasteiger partial charge in [0.25, 0.3) is 0 Å². The van der Waals surface area contributed by atoms with Crippen LogP contribution in [0.2, 0.25) is 0 Å². The van der Waals surface area contributed by atoms with Gasteiger partial charge >= 0.3 is 0 Å². The molecule has 4 aromatic carbocycles. The lowest BCUT2D eigenvalue weighted by Gasteiger charge is -2.19. The third-order valence-corrected chi connectivity index (χ3v) is 8.16. The van der Waals surface area contributed by atoms with Gasteiger partial charge in [0.1, 0.15) is 0 Å². The number of hydrogen-bond donors (Lipinski definition) is 4. The third-order valence-electron chi connectivity index (χ3n) is 8.16. The first-order valence-corrected chi connectivity index (χ1v) is 14.4. The van der Waals surface area contributed by atoms with E-state index in [-0.39, 0.29) is 23.1 Å². The molecule has 5 aromatic rings. The number of nitrogens with zero attached hydrogens (tertiary/aromatic N) is 1. The van der Waals surface area contributed by atoms with Crippen LogP contribution in [0.3, 0.4) is 0 Å². The largest absolute Gasteiger partial charge is 0.399 e. The van der Waals surface area contributed by atoms with Gasteiger partial charge in [0.2, 0.25) is 0 Å². The highest BCUT2D eigenvalue weighted by molar-refractivity contribution is 6.29. The molecule has 0 atom stereocenters. The molecule has 0 bridgehead atoms. The first-order valence-electron chi connectivity index (χ1n) is 14.4. The highest BCUT2D eigenvalue weighted by Crippen LogP contribution is 2.32. The minimum atomic E-state index is -0.219. The van der Waals surface area contributed by atoms with Gasteiger partial charge in [0, 0.05) is 74.3 Å². The van der Waals surface area contributed by atoms with Crippen LogP contribution < -0.4 is 21.7 Å². The molecule has 2 aliphatic rings. The molecule has 5 N–H and O–H groups in total. The molecule has 0 amide bonds. The second kappa shape index (κ2) is 10.9. The third kappa shape index (κ3) is 4.90.